The number of likely N-dealkylation sites (N-methyl/N-ethyl adjacent to an activating group) is 1. The van der Waals surface area contributed by atoms with E-state index in [1.807, 2.05) is 6.92 Å². The predicted octanol–water partition coefficient (Wildman–Crippen LogP) is 1.64. The number of benzene rings is 2. The molecule has 8 nitrogen and oxygen atoms in total. The Balaban J connectivity index is 1.84. The summed E-state index contributed by atoms with van der Waals surface area (Å²) in [4.78, 5) is 14.0. The van der Waals surface area contributed by atoms with Crippen LogP contribution >= 0.6 is 0 Å². The van der Waals surface area contributed by atoms with Crippen LogP contribution in [-0.4, -0.2) is 45.7 Å². The highest BCUT2D eigenvalue weighted by molar-refractivity contribution is 7.92. The smallest absolute Gasteiger partial charge is 0.261 e. The van der Waals surface area contributed by atoms with Gasteiger partial charge in [-0.15, -0.1) is 0 Å². The lowest BCUT2D eigenvalue weighted by molar-refractivity contribution is 0.0748. The van der Waals surface area contributed by atoms with E-state index < -0.39 is 10.0 Å². The zero-order chi connectivity index (χ0) is 19.6. The van der Waals surface area contributed by atoms with Crippen molar-refractivity contribution in [1.82, 2.24) is 4.90 Å². The molecule has 0 fully saturated rings. The zero-order valence-corrected chi connectivity index (χ0v) is 15.8. The summed E-state index contributed by atoms with van der Waals surface area (Å²) in [6.45, 7) is 2.23. The number of nitrogens with two attached hydrogens (primary N) is 1. The molecule has 0 saturated carbocycles. The van der Waals surface area contributed by atoms with E-state index in [0.717, 1.165) is 0 Å². The van der Waals surface area contributed by atoms with Gasteiger partial charge < -0.3 is 20.1 Å². The van der Waals surface area contributed by atoms with Crippen LogP contribution in [0.15, 0.2) is 47.4 Å². The molecule has 2 aromatic carbocycles. The predicted molar refractivity (Wildman–Crippen MR) is 100 cm³/mol. The van der Waals surface area contributed by atoms with E-state index in [9.17, 15) is 13.2 Å². The summed E-state index contributed by atoms with van der Waals surface area (Å²) < 4.78 is 38.4. The van der Waals surface area contributed by atoms with Gasteiger partial charge in [-0.3, -0.25) is 9.52 Å². The second-order valence-corrected chi connectivity index (χ2v) is 7.88. The minimum absolute atomic E-state index is 0.0141. The topological polar surface area (TPSA) is 111 Å². The third-order valence-electron chi connectivity index (χ3n) is 4.34. The Bertz CT molecular complexity index is 961. The average molecular weight is 391 g/mol. The van der Waals surface area contributed by atoms with Crippen molar-refractivity contribution in [1.29, 1.82) is 0 Å². The Labute approximate surface area is 157 Å². The van der Waals surface area contributed by atoms with Crippen LogP contribution < -0.4 is 19.9 Å². The molecule has 1 aliphatic heterocycles. The standard InChI is InChI=1S/C18H21N3O5S/c1-12(10-19)21(2)18(22)13-4-3-5-15(8-13)27(23,24)20-14-6-7-16-17(9-14)26-11-25-16/h3-9,12,20H,10-11,19H2,1-2H3. The fourth-order valence-corrected chi connectivity index (χ4v) is 3.63. The van der Waals surface area contributed by atoms with Crippen molar-refractivity contribution in [3.63, 3.8) is 0 Å². The zero-order valence-electron chi connectivity index (χ0n) is 15.0. The molecule has 1 heterocycles. The maximum Gasteiger partial charge on any atom is 0.261 e. The van der Waals surface area contributed by atoms with E-state index in [1.54, 1.807) is 31.3 Å². The Morgan fingerprint density at radius 2 is 1.96 bits per heavy atom. The molecule has 144 valence electrons. The molecule has 1 amide bonds. The van der Waals surface area contributed by atoms with Crippen LogP contribution in [0, 0.1) is 0 Å². The molecule has 2 aromatic rings. The van der Waals surface area contributed by atoms with Gasteiger partial charge in [-0.1, -0.05) is 6.07 Å². The Morgan fingerprint density at radius 1 is 1.22 bits per heavy atom. The Kier molecular flexibility index (Phi) is 5.24. The number of rotatable bonds is 6. The van der Waals surface area contributed by atoms with Gasteiger partial charge in [-0.2, -0.15) is 0 Å². The fourth-order valence-electron chi connectivity index (χ4n) is 2.53. The van der Waals surface area contributed by atoms with Crippen molar-refractivity contribution in [2.24, 2.45) is 5.73 Å². The average Bonchev–Trinajstić information content (AvgIpc) is 3.13. The largest absolute Gasteiger partial charge is 0.454 e. The molecule has 0 bridgehead atoms. The molecule has 0 aliphatic carbocycles. The first-order valence-electron chi connectivity index (χ1n) is 8.31. The molecule has 1 aliphatic rings. The highest BCUT2D eigenvalue weighted by atomic mass is 32.2. The summed E-state index contributed by atoms with van der Waals surface area (Å²) in [5.74, 6) is 0.729. The molecule has 0 saturated heterocycles. The number of carbonyl (C=O) groups is 1. The van der Waals surface area contributed by atoms with Gasteiger partial charge in [0.05, 0.1) is 10.6 Å². The van der Waals surface area contributed by atoms with E-state index in [-0.39, 0.29) is 29.2 Å². The summed E-state index contributed by atoms with van der Waals surface area (Å²) in [5, 5.41) is 0. The van der Waals surface area contributed by atoms with Gasteiger partial charge in [0.2, 0.25) is 6.79 Å². The van der Waals surface area contributed by atoms with E-state index in [1.165, 1.54) is 23.1 Å². The minimum atomic E-state index is -3.88. The van der Waals surface area contributed by atoms with E-state index in [2.05, 4.69) is 4.72 Å². The summed E-state index contributed by atoms with van der Waals surface area (Å²) in [6.07, 6.45) is 0. The van der Waals surface area contributed by atoms with Crippen molar-refractivity contribution < 1.29 is 22.7 Å². The maximum atomic E-state index is 12.7. The first-order valence-corrected chi connectivity index (χ1v) is 9.80. The van der Waals surface area contributed by atoms with E-state index in [4.69, 9.17) is 15.2 Å². The highest BCUT2D eigenvalue weighted by Crippen LogP contribution is 2.34. The van der Waals surface area contributed by atoms with Gasteiger partial charge >= 0.3 is 0 Å². The van der Waals surface area contributed by atoms with Crippen LogP contribution in [0.1, 0.15) is 17.3 Å². The minimum Gasteiger partial charge on any atom is -0.454 e. The Hall–Kier alpha value is -2.78. The van der Waals surface area contributed by atoms with Crippen LogP contribution in [0.5, 0.6) is 11.5 Å². The normalized spacial score (nSPS) is 13.9. The lowest BCUT2D eigenvalue weighted by Gasteiger charge is -2.23. The molecular weight excluding hydrogens is 370 g/mol. The molecule has 0 spiro atoms. The summed E-state index contributed by atoms with van der Waals surface area (Å²) in [5.41, 5.74) is 6.20. The molecule has 3 rings (SSSR count). The van der Waals surface area contributed by atoms with Gasteiger partial charge in [-0.05, 0) is 37.3 Å². The third kappa shape index (κ3) is 3.99. The molecule has 0 radical (unpaired) electrons. The maximum absolute atomic E-state index is 12.7. The molecule has 0 aromatic heterocycles. The molecule has 1 atom stereocenters. The number of fused-ring (bicyclic) bond motifs is 1. The van der Waals surface area contributed by atoms with Crippen molar-refractivity contribution >= 4 is 21.6 Å². The van der Waals surface area contributed by atoms with E-state index in [0.29, 0.717) is 23.7 Å². The van der Waals surface area contributed by atoms with Crippen molar-refractivity contribution in [3.8, 4) is 11.5 Å². The van der Waals surface area contributed by atoms with E-state index >= 15 is 0 Å². The van der Waals surface area contributed by atoms with Gasteiger partial charge in [-0.25, -0.2) is 8.42 Å². The summed E-state index contributed by atoms with van der Waals surface area (Å²) in [6, 6.07) is 10.5. The molecule has 27 heavy (non-hydrogen) atoms. The van der Waals surface area contributed by atoms with Crippen LogP contribution in [0.4, 0.5) is 5.69 Å². The second kappa shape index (κ2) is 7.45. The number of hydrogen-bond donors (Lipinski definition) is 2. The highest BCUT2D eigenvalue weighted by Gasteiger charge is 2.21. The fraction of sp³-hybridized carbons (Fsp3) is 0.278. The number of amides is 1. The number of anilines is 1. The van der Waals surface area contributed by atoms with Crippen molar-refractivity contribution in [2.75, 3.05) is 25.1 Å². The van der Waals surface area contributed by atoms with Crippen molar-refractivity contribution in [3.05, 3.63) is 48.0 Å². The third-order valence-corrected chi connectivity index (χ3v) is 5.72. The van der Waals surface area contributed by atoms with Crippen LogP contribution in [0.25, 0.3) is 0 Å². The van der Waals surface area contributed by atoms with Crippen LogP contribution in [-0.2, 0) is 10.0 Å². The first-order chi connectivity index (χ1) is 12.8. The number of nitrogens with one attached hydrogen (secondary N) is 1. The van der Waals surface area contributed by atoms with Gasteiger partial charge in [0, 0.05) is 31.3 Å². The van der Waals surface area contributed by atoms with Gasteiger partial charge in [0.1, 0.15) is 0 Å². The molecular formula is C18H21N3O5S. The van der Waals surface area contributed by atoms with Gasteiger partial charge in [0.25, 0.3) is 15.9 Å². The van der Waals surface area contributed by atoms with Crippen molar-refractivity contribution in [2.45, 2.75) is 17.9 Å². The Morgan fingerprint density at radius 3 is 2.70 bits per heavy atom. The molecule has 3 N–H and O–H groups in total. The number of ether oxygens (including phenoxy) is 2. The lowest BCUT2D eigenvalue weighted by Crippen LogP contribution is -2.39. The quantitative estimate of drug-likeness (QED) is 0.774. The summed E-state index contributed by atoms with van der Waals surface area (Å²) in [7, 11) is -2.25. The molecule has 1 unspecified atom stereocenters. The number of hydrogen-bond acceptors (Lipinski definition) is 6. The van der Waals surface area contributed by atoms with Gasteiger partial charge in [0.15, 0.2) is 11.5 Å². The monoisotopic (exact) mass is 391 g/mol. The van der Waals surface area contributed by atoms with Crippen LogP contribution in [0.3, 0.4) is 0 Å². The molecule has 9 heteroatoms. The lowest BCUT2D eigenvalue weighted by atomic mass is 10.2. The number of carbonyl (C=O) groups excluding carboxylic acids is 1. The number of sulfonamides is 1. The first kappa shape index (κ1) is 19.0. The van der Waals surface area contributed by atoms with Crippen LogP contribution in [0.2, 0.25) is 0 Å². The second-order valence-electron chi connectivity index (χ2n) is 6.20. The summed E-state index contributed by atoms with van der Waals surface area (Å²) >= 11 is 0. The SMILES string of the molecule is CC(CN)N(C)C(=O)c1cccc(S(=O)(=O)Nc2ccc3c(c2)OCO3)c1. The number of nitrogens with zero attached hydrogens (tertiary/aromatic N) is 1.